The number of imidazole rings is 1. The van der Waals surface area contributed by atoms with E-state index in [1.54, 1.807) is 0 Å². The highest BCUT2D eigenvalue weighted by atomic mass is 16.1. The average Bonchev–Trinajstić information content (AvgIpc) is 3.18. The molecule has 7 rings (SSSR count). The second-order valence-corrected chi connectivity index (χ2v) is 8.24. The molecule has 6 heteroatoms. The maximum atomic E-state index is 13.2. The molecule has 2 aromatic heterocycles. The molecule has 0 spiro atoms. The number of fused-ring (bicyclic) bond motifs is 5. The summed E-state index contributed by atoms with van der Waals surface area (Å²) in [6, 6.07) is 16.2. The Balaban J connectivity index is 1.55. The van der Waals surface area contributed by atoms with Crippen LogP contribution in [-0.4, -0.2) is 45.5 Å². The van der Waals surface area contributed by atoms with Crippen LogP contribution < -0.4 is 10.9 Å². The lowest BCUT2D eigenvalue weighted by Crippen LogP contribution is -2.53. The van der Waals surface area contributed by atoms with E-state index in [-0.39, 0.29) is 5.56 Å². The van der Waals surface area contributed by atoms with Crippen molar-refractivity contribution in [2.75, 3.05) is 25.0 Å². The summed E-state index contributed by atoms with van der Waals surface area (Å²) in [7, 11) is 0. The number of piperidine rings is 3. The smallest absolute Gasteiger partial charge is 0.261 e. The number of para-hydroxylation sites is 3. The minimum absolute atomic E-state index is 0.119. The van der Waals surface area contributed by atoms with Crippen molar-refractivity contribution in [1.29, 1.82) is 0 Å². The molecule has 1 atom stereocenters. The quantitative estimate of drug-likeness (QED) is 0.504. The monoisotopic (exact) mass is 385 g/mol. The van der Waals surface area contributed by atoms with Gasteiger partial charge in [0.2, 0.25) is 0 Å². The van der Waals surface area contributed by atoms with E-state index < -0.39 is 0 Å². The fourth-order valence-corrected chi connectivity index (χ4v) is 5.00. The normalized spacial score (nSPS) is 23.7. The highest BCUT2D eigenvalue weighted by Crippen LogP contribution is 2.35. The van der Waals surface area contributed by atoms with E-state index in [2.05, 4.69) is 26.3 Å². The second kappa shape index (κ2) is 6.46. The van der Waals surface area contributed by atoms with Crippen molar-refractivity contribution in [2.24, 2.45) is 5.92 Å². The predicted octanol–water partition coefficient (Wildman–Crippen LogP) is 3.58. The summed E-state index contributed by atoms with van der Waals surface area (Å²) in [4.78, 5) is 26.8. The maximum Gasteiger partial charge on any atom is 0.261 e. The Morgan fingerprint density at radius 1 is 0.966 bits per heavy atom. The van der Waals surface area contributed by atoms with Crippen molar-refractivity contribution in [3.63, 3.8) is 0 Å². The molecule has 3 aliphatic heterocycles. The molecule has 0 aliphatic carbocycles. The Labute approximate surface area is 168 Å². The van der Waals surface area contributed by atoms with Gasteiger partial charge in [-0.2, -0.15) is 0 Å². The average molecular weight is 385 g/mol. The molecule has 2 aromatic carbocycles. The first-order valence-corrected chi connectivity index (χ1v) is 10.4. The molecule has 146 valence electrons. The van der Waals surface area contributed by atoms with Crippen LogP contribution in [0.3, 0.4) is 0 Å². The molecule has 3 saturated heterocycles. The molecular weight excluding hydrogens is 362 g/mol. The van der Waals surface area contributed by atoms with Gasteiger partial charge in [-0.1, -0.05) is 30.3 Å². The third-order valence-corrected chi connectivity index (χ3v) is 6.53. The lowest BCUT2D eigenvalue weighted by molar-refractivity contribution is 0.0976. The van der Waals surface area contributed by atoms with Crippen LogP contribution in [0.4, 0.5) is 5.69 Å². The first-order valence-electron chi connectivity index (χ1n) is 10.4. The van der Waals surface area contributed by atoms with Gasteiger partial charge < -0.3 is 20.2 Å². The van der Waals surface area contributed by atoms with Crippen LogP contribution in [-0.2, 0) is 0 Å². The maximum absolute atomic E-state index is 13.2. The summed E-state index contributed by atoms with van der Waals surface area (Å²) >= 11 is 0. The van der Waals surface area contributed by atoms with Gasteiger partial charge in [0.05, 0.1) is 22.2 Å². The Bertz CT molecular complexity index is 1230. The summed E-state index contributed by atoms with van der Waals surface area (Å²) < 4.78 is 0. The van der Waals surface area contributed by atoms with Crippen molar-refractivity contribution in [1.82, 2.24) is 19.9 Å². The lowest BCUT2D eigenvalue weighted by atomic mass is 9.83. The standard InChI is InChI=1S/C23H23N5O/c29-23-20(22-25-17-7-3-4-8-18(17)26-22)21(15-5-1-2-6-16(15)27-23)24-19-13-28-11-9-14(19)10-12-28/h1-8,14,19H,9-13H2,(H,25,26)(H2,24,27,29)/t19-/m0/s1. The van der Waals surface area contributed by atoms with E-state index >= 15 is 0 Å². The second-order valence-electron chi connectivity index (χ2n) is 8.24. The largest absolute Gasteiger partial charge is 0.379 e. The Morgan fingerprint density at radius 2 is 1.72 bits per heavy atom. The molecule has 3 aliphatic rings. The van der Waals surface area contributed by atoms with E-state index in [9.17, 15) is 4.79 Å². The minimum atomic E-state index is -0.119. The van der Waals surface area contributed by atoms with Gasteiger partial charge in [0.25, 0.3) is 5.56 Å². The lowest BCUT2D eigenvalue weighted by Gasteiger charge is -2.45. The van der Waals surface area contributed by atoms with E-state index in [1.807, 2.05) is 42.5 Å². The van der Waals surface area contributed by atoms with E-state index in [0.717, 1.165) is 34.2 Å². The number of rotatable bonds is 3. The van der Waals surface area contributed by atoms with Gasteiger partial charge in [0, 0.05) is 18.0 Å². The number of aromatic nitrogens is 3. The highest BCUT2D eigenvalue weighted by molar-refractivity contribution is 5.99. The predicted molar refractivity (Wildman–Crippen MR) is 116 cm³/mol. The Morgan fingerprint density at radius 3 is 2.48 bits per heavy atom. The molecule has 2 bridgehead atoms. The van der Waals surface area contributed by atoms with Crippen LogP contribution in [0.2, 0.25) is 0 Å². The van der Waals surface area contributed by atoms with Crippen molar-refractivity contribution in [3.8, 4) is 11.4 Å². The molecule has 3 N–H and O–H groups in total. The molecule has 6 nitrogen and oxygen atoms in total. The number of nitrogens with zero attached hydrogens (tertiary/aromatic N) is 2. The molecule has 0 saturated carbocycles. The number of nitrogens with one attached hydrogen (secondary N) is 3. The molecular formula is C23H23N5O. The summed E-state index contributed by atoms with van der Waals surface area (Å²) in [5, 5.41) is 4.81. The van der Waals surface area contributed by atoms with Gasteiger partial charge in [-0.05, 0) is 50.0 Å². The fraction of sp³-hybridized carbons (Fsp3) is 0.304. The molecule has 29 heavy (non-hydrogen) atoms. The van der Waals surface area contributed by atoms with Gasteiger partial charge in [-0.15, -0.1) is 0 Å². The van der Waals surface area contributed by atoms with Crippen molar-refractivity contribution in [2.45, 2.75) is 18.9 Å². The molecule has 4 aromatic rings. The van der Waals surface area contributed by atoms with Gasteiger partial charge in [0.1, 0.15) is 11.4 Å². The van der Waals surface area contributed by atoms with Crippen molar-refractivity contribution in [3.05, 3.63) is 58.9 Å². The number of aromatic amines is 2. The van der Waals surface area contributed by atoms with Crippen LogP contribution in [0.5, 0.6) is 0 Å². The summed E-state index contributed by atoms with van der Waals surface area (Å²) in [5.74, 6) is 1.27. The zero-order chi connectivity index (χ0) is 19.4. The van der Waals surface area contributed by atoms with Crippen LogP contribution in [0.25, 0.3) is 33.3 Å². The van der Waals surface area contributed by atoms with E-state index in [4.69, 9.17) is 4.98 Å². The van der Waals surface area contributed by atoms with Crippen LogP contribution in [0.15, 0.2) is 53.3 Å². The molecule has 0 amide bonds. The summed E-state index contributed by atoms with van der Waals surface area (Å²) in [5.41, 5.74) is 4.01. The van der Waals surface area contributed by atoms with E-state index in [0.29, 0.717) is 23.3 Å². The molecule has 5 heterocycles. The first-order chi connectivity index (χ1) is 14.3. The van der Waals surface area contributed by atoms with Crippen LogP contribution >= 0.6 is 0 Å². The number of hydrogen-bond acceptors (Lipinski definition) is 4. The number of hydrogen-bond donors (Lipinski definition) is 3. The van der Waals surface area contributed by atoms with Gasteiger partial charge >= 0.3 is 0 Å². The topological polar surface area (TPSA) is 76.8 Å². The third-order valence-electron chi connectivity index (χ3n) is 6.53. The molecule has 3 fully saturated rings. The minimum Gasteiger partial charge on any atom is -0.379 e. The fourth-order valence-electron chi connectivity index (χ4n) is 5.00. The Hall–Kier alpha value is -3.12. The van der Waals surface area contributed by atoms with Crippen LogP contribution in [0, 0.1) is 5.92 Å². The number of pyridine rings is 1. The number of anilines is 1. The van der Waals surface area contributed by atoms with Gasteiger partial charge in [-0.25, -0.2) is 4.98 Å². The molecule has 0 radical (unpaired) electrons. The number of H-pyrrole nitrogens is 2. The first kappa shape index (κ1) is 16.8. The summed E-state index contributed by atoms with van der Waals surface area (Å²) in [6.45, 7) is 3.41. The highest BCUT2D eigenvalue weighted by Gasteiger charge is 2.35. The van der Waals surface area contributed by atoms with Gasteiger partial charge in [-0.3, -0.25) is 4.79 Å². The van der Waals surface area contributed by atoms with E-state index in [1.165, 1.54) is 25.9 Å². The molecule has 0 unspecified atom stereocenters. The third kappa shape index (κ3) is 2.75. The Kier molecular flexibility index (Phi) is 3.74. The van der Waals surface area contributed by atoms with Crippen molar-refractivity contribution < 1.29 is 0 Å². The van der Waals surface area contributed by atoms with Crippen molar-refractivity contribution >= 4 is 27.6 Å². The SMILES string of the molecule is O=c1[nH]c2ccccc2c(N[C@H]2CN3CCC2CC3)c1-c1nc2ccccc2[nH]1. The van der Waals surface area contributed by atoms with Crippen LogP contribution in [0.1, 0.15) is 12.8 Å². The zero-order valence-electron chi connectivity index (χ0n) is 16.1. The summed E-state index contributed by atoms with van der Waals surface area (Å²) in [6.07, 6.45) is 2.44. The zero-order valence-corrected chi connectivity index (χ0v) is 16.1. The van der Waals surface area contributed by atoms with Gasteiger partial charge in [0.15, 0.2) is 0 Å². The number of benzene rings is 2.